The van der Waals surface area contributed by atoms with Gasteiger partial charge >= 0.3 is 11.9 Å². The molecule has 1 spiro atoms. The molecule has 52 heavy (non-hydrogen) atoms. The minimum Gasteiger partial charge on any atom is -0.462 e. The number of aliphatic hydroxyl groups excluding tert-OH is 1. The third-order valence-electron chi connectivity index (χ3n) is 15.2. The molecular weight excluding hydrogens is 649 g/mol. The quantitative estimate of drug-likeness (QED) is 0.101. The molecule has 288 valence electrons. The Labute approximate surface area is 314 Å². The predicted molar refractivity (Wildman–Crippen MR) is 206 cm³/mol. The molecule has 6 heteroatoms. The number of aliphatic hydroxyl groups is 2. The second-order valence-electron chi connectivity index (χ2n) is 18.4. The highest BCUT2D eigenvalue weighted by Gasteiger charge is 2.78. The fraction of sp³-hybridized carbons (Fsp3) is 0.739. The molecular formula is C46H68O6. The Balaban J connectivity index is 1.37. The number of hydrogen-bond acceptors (Lipinski definition) is 6. The highest BCUT2D eigenvalue weighted by Crippen LogP contribution is 2.75. The first-order valence-electron chi connectivity index (χ1n) is 21.0. The highest BCUT2D eigenvalue weighted by molar-refractivity contribution is 5.85. The normalized spacial score (nSPS) is 38.8. The van der Waals surface area contributed by atoms with Gasteiger partial charge in [0.25, 0.3) is 0 Å². The van der Waals surface area contributed by atoms with E-state index in [1.165, 1.54) is 51.0 Å². The lowest BCUT2D eigenvalue weighted by Crippen LogP contribution is -2.79. The third-order valence-corrected chi connectivity index (χ3v) is 15.2. The molecule has 0 radical (unpaired) electrons. The van der Waals surface area contributed by atoms with E-state index in [-0.39, 0.29) is 35.8 Å². The standard InChI is InChI=1S/C46H68O6/c1-6-7-9-16-35-19-21-38(28-35)44(5)26-24-40(48)46-37(20-18-32(2)13-12-17-34-14-10-8-11-15-34)23-25-43(4,30-39(42(44)46)52-33(3)47)45(46,50)27-22-36-29-41(49)51-31-36/h8,10-11,14-15,23,25,29,32,35,37-40,42,48,50H,6-7,9,12-13,16-22,24,26-28,30-31H2,1-5H3/t32-,35-,37+,38-,39-,40-,42?,43+,44-,45-,46+/m1/s1. The molecule has 1 heterocycles. The number of carbonyl (C=O) groups excluding carboxylic acids is 2. The van der Waals surface area contributed by atoms with Crippen LogP contribution in [0.2, 0.25) is 0 Å². The molecule has 4 aliphatic carbocycles. The summed E-state index contributed by atoms with van der Waals surface area (Å²) in [5.74, 6) is 0.800. The van der Waals surface area contributed by atoms with Crippen molar-refractivity contribution in [1.82, 2.24) is 0 Å². The predicted octanol–water partition coefficient (Wildman–Crippen LogP) is 9.71. The van der Waals surface area contributed by atoms with Gasteiger partial charge in [0.05, 0.1) is 11.7 Å². The number of ether oxygens (including phenoxy) is 2. The van der Waals surface area contributed by atoms with Crippen LogP contribution in [0.1, 0.15) is 143 Å². The van der Waals surface area contributed by atoms with Crippen LogP contribution in [0.4, 0.5) is 0 Å². The van der Waals surface area contributed by atoms with Crippen molar-refractivity contribution >= 4 is 11.9 Å². The van der Waals surface area contributed by atoms with Crippen molar-refractivity contribution in [2.45, 2.75) is 162 Å². The highest BCUT2D eigenvalue weighted by atomic mass is 16.5. The minimum absolute atomic E-state index is 0.0719. The number of allylic oxidation sites excluding steroid dienone is 1. The fourth-order valence-corrected chi connectivity index (χ4v) is 12.6. The number of fused-ring (bicyclic) bond motifs is 1. The summed E-state index contributed by atoms with van der Waals surface area (Å²) < 4.78 is 11.8. The molecule has 0 aromatic heterocycles. The van der Waals surface area contributed by atoms with Crippen LogP contribution in [0.5, 0.6) is 0 Å². The van der Waals surface area contributed by atoms with Gasteiger partial charge in [0.1, 0.15) is 12.7 Å². The Hall–Kier alpha value is -2.44. The Morgan fingerprint density at radius 2 is 1.83 bits per heavy atom. The van der Waals surface area contributed by atoms with Gasteiger partial charge in [-0.05, 0) is 104 Å². The Morgan fingerprint density at radius 3 is 2.54 bits per heavy atom. The maximum absolute atomic E-state index is 13.8. The molecule has 6 nitrogen and oxygen atoms in total. The summed E-state index contributed by atoms with van der Waals surface area (Å²) in [6, 6.07) is 10.7. The molecule has 1 aliphatic heterocycles. The van der Waals surface area contributed by atoms with E-state index in [9.17, 15) is 19.8 Å². The molecule has 2 bridgehead atoms. The van der Waals surface area contributed by atoms with Crippen molar-refractivity contribution in [1.29, 1.82) is 0 Å². The first-order valence-corrected chi connectivity index (χ1v) is 21.0. The van der Waals surface area contributed by atoms with E-state index in [0.717, 1.165) is 50.5 Å². The van der Waals surface area contributed by atoms with Crippen LogP contribution in [0.3, 0.4) is 0 Å². The van der Waals surface area contributed by atoms with Crippen LogP contribution in [0, 0.1) is 45.8 Å². The molecule has 3 saturated carbocycles. The SMILES string of the molecule is CCCCC[C@@H]1CC[C@@H]([C@@]2(C)CC[C@@H](O)[C@]34C2[C@H](OC(C)=O)C[C@](C)(C=C[C@@H]3CC[C@H](C)CCCc2ccccc2)[C@]4(O)CCC2=CC(=O)OC2)C1. The van der Waals surface area contributed by atoms with E-state index >= 15 is 0 Å². The monoisotopic (exact) mass is 717 g/mol. The first kappa shape index (κ1) is 39.3. The Bertz CT molecular complexity index is 1450. The number of hydrogen-bond donors (Lipinski definition) is 2. The zero-order valence-corrected chi connectivity index (χ0v) is 32.9. The van der Waals surface area contributed by atoms with Crippen molar-refractivity contribution in [2.75, 3.05) is 6.61 Å². The molecule has 11 atom stereocenters. The van der Waals surface area contributed by atoms with Crippen molar-refractivity contribution in [3.05, 3.63) is 59.7 Å². The second kappa shape index (κ2) is 16.1. The molecule has 0 saturated heterocycles. The van der Waals surface area contributed by atoms with Gasteiger partial charge in [0.2, 0.25) is 0 Å². The van der Waals surface area contributed by atoms with Gasteiger partial charge < -0.3 is 19.7 Å². The average Bonchev–Trinajstić information content (AvgIpc) is 3.76. The average molecular weight is 717 g/mol. The largest absolute Gasteiger partial charge is 0.462 e. The van der Waals surface area contributed by atoms with E-state index in [0.29, 0.717) is 43.4 Å². The van der Waals surface area contributed by atoms with Crippen LogP contribution in [-0.4, -0.2) is 46.6 Å². The number of benzene rings is 1. The van der Waals surface area contributed by atoms with Gasteiger partial charge in [-0.25, -0.2) is 4.79 Å². The number of carbonyl (C=O) groups is 2. The van der Waals surface area contributed by atoms with Gasteiger partial charge in [0.15, 0.2) is 0 Å². The van der Waals surface area contributed by atoms with Crippen LogP contribution in [-0.2, 0) is 25.5 Å². The lowest BCUT2D eigenvalue weighted by atomic mass is 9.32. The third kappa shape index (κ3) is 7.33. The topological polar surface area (TPSA) is 93.1 Å². The van der Waals surface area contributed by atoms with Gasteiger partial charge in [-0.15, -0.1) is 0 Å². The molecule has 3 fully saturated rings. The van der Waals surface area contributed by atoms with E-state index < -0.39 is 28.6 Å². The van der Waals surface area contributed by atoms with Crippen LogP contribution in [0.15, 0.2) is 54.1 Å². The summed E-state index contributed by atoms with van der Waals surface area (Å²) in [6.07, 6.45) is 21.9. The number of esters is 2. The smallest absolute Gasteiger partial charge is 0.331 e. The van der Waals surface area contributed by atoms with E-state index in [4.69, 9.17) is 9.47 Å². The van der Waals surface area contributed by atoms with Gasteiger partial charge in [0, 0.05) is 29.7 Å². The number of cyclic esters (lactones) is 1. The Morgan fingerprint density at radius 1 is 1.04 bits per heavy atom. The van der Waals surface area contributed by atoms with Crippen LogP contribution in [0.25, 0.3) is 0 Å². The molecule has 1 aromatic rings. The van der Waals surface area contributed by atoms with E-state index in [1.54, 1.807) is 6.08 Å². The summed E-state index contributed by atoms with van der Waals surface area (Å²) in [5, 5.41) is 26.6. The molecule has 1 aromatic carbocycles. The minimum atomic E-state index is -1.27. The summed E-state index contributed by atoms with van der Waals surface area (Å²) >= 11 is 0. The molecule has 6 rings (SSSR count). The zero-order chi connectivity index (χ0) is 37.1. The summed E-state index contributed by atoms with van der Waals surface area (Å²) in [4.78, 5) is 25.1. The number of unbranched alkanes of at least 4 members (excludes halogenated alkanes) is 2. The summed E-state index contributed by atoms with van der Waals surface area (Å²) in [6.45, 7) is 11.0. The lowest BCUT2D eigenvalue weighted by Gasteiger charge is -2.74. The summed E-state index contributed by atoms with van der Waals surface area (Å²) in [7, 11) is 0. The fourth-order valence-electron chi connectivity index (χ4n) is 12.6. The van der Waals surface area contributed by atoms with Crippen LogP contribution >= 0.6 is 0 Å². The van der Waals surface area contributed by atoms with Crippen molar-refractivity contribution in [3.8, 4) is 0 Å². The Kier molecular flexibility index (Phi) is 12.2. The molecule has 1 unspecified atom stereocenters. The van der Waals surface area contributed by atoms with Crippen molar-refractivity contribution < 1.29 is 29.3 Å². The second-order valence-corrected chi connectivity index (χ2v) is 18.4. The van der Waals surface area contributed by atoms with E-state index in [1.807, 2.05) is 0 Å². The molecule has 2 N–H and O–H groups in total. The van der Waals surface area contributed by atoms with Gasteiger partial charge in [-0.2, -0.15) is 0 Å². The maximum atomic E-state index is 13.8. The van der Waals surface area contributed by atoms with Gasteiger partial charge in [-0.3, -0.25) is 4.79 Å². The van der Waals surface area contributed by atoms with Crippen molar-refractivity contribution in [2.24, 2.45) is 45.8 Å². The van der Waals surface area contributed by atoms with E-state index in [2.05, 4.69) is 70.2 Å². The van der Waals surface area contributed by atoms with Crippen molar-refractivity contribution in [3.63, 3.8) is 0 Å². The number of aryl methyl sites for hydroxylation is 1. The summed E-state index contributed by atoms with van der Waals surface area (Å²) in [5.41, 5.74) is -0.821. The molecule has 5 aliphatic rings. The van der Waals surface area contributed by atoms with Gasteiger partial charge in [-0.1, -0.05) is 115 Å². The maximum Gasteiger partial charge on any atom is 0.331 e. The van der Waals surface area contributed by atoms with Crippen LogP contribution < -0.4 is 0 Å². The first-order chi connectivity index (χ1) is 24.9. The number of rotatable bonds is 16. The molecule has 0 amide bonds. The lowest BCUT2D eigenvalue weighted by molar-refractivity contribution is -0.331. The zero-order valence-electron chi connectivity index (χ0n) is 32.9.